The maximum atomic E-state index is 10.6. The van der Waals surface area contributed by atoms with E-state index in [0.29, 0.717) is 12.4 Å². The van der Waals surface area contributed by atoms with Gasteiger partial charge in [-0.2, -0.15) is 0 Å². The van der Waals surface area contributed by atoms with Crippen LogP contribution in [0.2, 0.25) is 0 Å². The Balaban J connectivity index is 1.86. The first-order valence-corrected chi connectivity index (χ1v) is 7.95. The average molecular weight is 330 g/mol. The topological polar surface area (TPSA) is 80.5 Å². The van der Waals surface area contributed by atoms with E-state index in [4.69, 9.17) is 4.74 Å². The van der Waals surface area contributed by atoms with Crippen molar-refractivity contribution in [2.45, 2.75) is 13.8 Å². The van der Waals surface area contributed by atoms with Crippen molar-refractivity contribution in [3.05, 3.63) is 52.7 Å². The molecule has 7 nitrogen and oxygen atoms in total. The Hall–Kier alpha value is -2.67. The number of likely N-dealkylation sites (N-methyl/N-ethyl adjacent to an activating group) is 1. The highest BCUT2D eigenvalue weighted by Gasteiger charge is 2.05. The van der Waals surface area contributed by atoms with E-state index in [0.717, 1.165) is 31.1 Å². The molecule has 0 spiro atoms. The van der Waals surface area contributed by atoms with Gasteiger partial charge in [0.1, 0.15) is 24.4 Å². The highest BCUT2D eigenvalue weighted by molar-refractivity contribution is 5.57. The third kappa shape index (κ3) is 5.20. The van der Waals surface area contributed by atoms with Crippen molar-refractivity contribution in [3.63, 3.8) is 0 Å². The second-order valence-electron chi connectivity index (χ2n) is 5.18. The molecule has 128 valence electrons. The number of nitro groups is 1. The van der Waals surface area contributed by atoms with E-state index in [1.807, 2.05) is 24.3 Å². The highest BCUT2D eigenvalue weighted by Crippen LogP contribution is 2.20. The lowest BCUT2D eigenvalue weighted by Crippen LogP contribution is -2.27. The van der Waals surface area contributed by atoms with E-state index in [1.165, 1.54) is 12.3 Å². The van der Waals surface area contributed by atoms with Gasteiger partial charge in [0.05, 0.1) is 4.92 Å². The summed E-state index contributed by atoms with van der Waals surface area (Å²) >= 11 is 0. The lowest BCUT2D eigenvalue weighted by atomic mass is 10.3. The maximum Gasteiger partial charge on any atom is 0.287 e. The van der Waals surface area contributed by atoms with Gasteiger partial charge in [0.15, 0.2) is 0 Å². The molecule has 7 heteroatoms. The van der Waals surface area contributed by atoms with Crippen LogP contribution in [0.15, 0.2) is 42.6 Å². The summed E-state index contributed by atoms with van der Waals surface area (Å²) in [7, 11) is 0. The van der Waals surface area contributed by atoms with Crippen LogP contribution in [0, 0.1) is 10.1 Å². The Morgan fingerprint density at radius 2 is 1.88 bits per heavy atom. The van der Waals surface area contributed by atoms with Gasteiger partial charge in [0, 0.05) is 18.3 Å². The predicted octanol–water partition coefficient (Wildman–Crippen LogP) is 3.45. The summed E-state index contributed by atoms with van der Waals surface area (Å²) in [6.45, 7) is 7.86. The van der Waals surface area contributed by atoms with Crippen molar-refractivity contribution in [1.29, 1.82) is 0 Å². The molecule has 0 saturated heterocycles. The number of nitrogens with zero attached hydrogens (tertiary/aromatic N) is 3. The molecule has 0 amide bonds. The second-order valence-corrected chi connectivity index (χ2v) is 5.18. The Morgan fingerprint density at radius 3 is 2.42 bits per heavy atom. The van der Waals surface area contributed by atoms with Crippen molar-refractivity contribution in [2.24, 2.45) is 0 Å². The number of nitrogens with one attached hydrogen (secondary N) is 1. The molecule has 0 unspecified atom stereocenters. The molecule has 1 aromatic heterocycles. The molecule has 2 aromatic rings. The minimum Gasteiger partial charge on any atom is -0.492 e. The summed E-state index contributed by atoms with van der Waals surface area (Å²) in [6, 6.07) is 10.5. The SMILES string of the molecule is CCN(CC)CCOc1ccc(Nc2ccc([N+](=O)[O-])cn2)cc1. The Kier molecular flexibility index (Phi) is 6.51. The van der Waals surface area contributed by atoms with Crippen molar-refractivity contribution < 1.29 is 9.66 Å². The second kappa shape index (κ2) is 8.83. The van der Waals surface area contributed by atoms with Gasteiger partial charge in [-0.3, -0.25) is 10.1 Å². The maximum absolute atomic E-state index is 10.6. The molecule has 0 bridgehead atoms. The first-order chi connectivity index (χ1) is 11.6. The van der Waals surface area contributed by atoms with Gasteiger partial charge < -0.3 is 15.0 Å². The predicted molar refractivity (Wildman–Crippen MR) is 93.9 cm³/mol. The molecule has 1 aromatic carbocycles. The fourth-order valence-corrected chi connectivity index (χ4v) is 2.18. The molecule has 0 aliphatic rings. The van der Waals surface area contributed by atoms with Crippen molar-refractivity contribution in [3.8, 4) is 5.75 Å². The highest BCUT2D eigenvalue weighted by atomic mass is 16.6. The monoisotopic (exact) mass is 330 g/mol. The average Bonchev–Trinajstić information content (AvgIpc) is 2.60. The van der Waals surface area contributed by atoms with Gasteiger partial charge in [-0.1, -0.05) is 13.8 Å². The minimum atomic E-state index is -0.471. The molecule has 1 N–H and O–H groups in total. The standard InChI is InChI=1S/C17H22N4O3/c1-3-20(4-2)11-12-24-16-8-5-14(6-9-16)19-17-10-7-15(13-18-17)21(22)23/h5-10,13H,3-4,11-12H2,1-2H3,(H,18,19). The van der Waals surface area contributed by atoms with Crippen LogP contribution in [-0.4, -0.2) is 41.0 Å². The molecule has 1 heterocycles. The minimum absolute atomic E-state index is 0.0301. The van der Waals surface area contributed by atoms with Crippen LogP contribution in [0.3, 0.4) is 0 Å². The number of anilines is 2. The van der Waals surface area contributed by atoms with Gasteiger partial charge in [0.2, 0.25) is 0 Å². The summed E-state index contributed by atoms with van der Waals surface area (Å²) in [4.78, 5) is 16.4. The number of pyridine rings is 1. The van der Waals surface area contributed by atoms with E-state index in [-0.39, 0.29) is 5.69 Å². The molecule has 0 atom stereocenters. The van der Waals surface area contributed by atoms with Crippen molar-refractivity contribution >= 4 is 17.2 Å². The van der Waals surface area contributed by atoms with Gasteiger partial charge in [-0.15, -0.1) is 0 Å². The zero-order valence-electron chi connectivity index (χ0n) is 13.9. The van der Waals surface area contributed by atoms with E-state index in [9.17, 15) is 10.1 Å². The van der Waals surface area contributed by atoms with Crippen LogP contribution >= 0.6 is 0 Å². The lowest BCUT2D eigenvalue weighted by molar-refractivity contribution is -0.385. The molecule has 0 aliphatic carbocycles. The molecule has 24 heavy (non-hydrogen) atoms. The molecule has 0 radical (unpaired) electrons. The summed E-state index contributed by atoms with van der Waals surface area (Å²) < 4.78 is 5.73. The van der Waals surface area contributed by atoms with E-state index in [1.54, 1.807) is 6.07 Å². The first kappa shape index (κ1) is 17.7. The molecule has 0 fully saturated rings. The number of ether oxygens (including phenoxy) is 1. The smallest absolute Gasteiger partial charge is 0.287 e. The number of rotatable bonds is 9. The first-order valence-electron chi connectivity index (χ1n) is 7.95. The molecule has 0 saturated carbocycles. The van der Waals surface area contributed by atoms with E-state index < -0.39 is 4.92 Å². The van der Waals surface area contributed by atoms with E-state index in [2.05, 4.69) is 29.0 Å². The Labute approximate surface area is 141 Å². The normalized spacial score (nSPS) is 10.6. The summed E-state index contributed by atoms with van der Waals surface area (Å²) in [6.07, 6.45) is 1.23. The van der Waals surface area contributed by atoms with Crippen molar-refractivity contribution in [1.82, 2.24) is 9.88 Å². The van der Waals surface area contributed by atoms with Crippen LogP contribution in [0.5, 0.6) is 5.75 Å². The Morgan fingerprint density at radius 1 is 1.17 bits per heavy atom. The fourth-order valence-electron chi connectivity index (χ4n) is 2.18. The van der Waals surface area contributed by atoms with Gasteiger partial charge in [0.25, 0.3) is 5.69 Å². The molecular formula is C17H22N4O3. The molecule has 2 rings (SSSR count). The third-order valence-electron chi connectivity index (χ3n) is 3.66. The van der Waals surface area contributed by atoms with Gasteiger partial charge in [-0.05, 0) is 43.4 Å². The van der Waals surface area contributed by atoms with Crippen molar-refractivity contribution in [2.75, 3.05) is 31.6 Å². The Bertz CT molecular complexity index is 640. The van der Waals surface area contributed by atoms with Crippen LogP contribution in [-0.2, 0) is 0 Å². The van der Waals surface area contributed by atoms with Crippen LogP contribution < -0.4 is 10.1 Å². The number of benzene rings is 1. The lowest BCUT2D eigenvalue weighted by Gasteiger charge is -2.18. The molecule has 0 aliphatic heterocycles. The van der Waals surface area contributed by atoms with Crippen LogP contribution in [0.1, 0.15) is 13.8 Å². The third-order valence-corrected chi connectivity index (χ3v) is 3.66. The van der Waals surface area contributed by atoms with Gasteiger partial charge in [-0.25, -0.2) is 4.98 Å². The molecular weight excluding hydrogens is 308 g/mol. The number of hydrogen-bond donors (Lipinski definition) is 1. The quantitative estimate of drug-likeness (QED) is 0.560. The summed E-state index contributed by atoms with van der Waals surface area (Å²) in [5.74, 6) is 1.36. The zero-order chi connectivity index (χ0) is 17.4. The largest absolute Gasteiger partial charge is 0.492 e. The number of hydrogen-bond acceptors (Lipinski definition) is 6. The van der Waals surface area contributed by atoms with Gasteiger partial charge >= 0.3 is 0 Å². The zero-order valence-corrected chi connectivity index (χ0v) is 13.9. The van der Waals surface area contributed by atoms with Crippen LogP contribution in [0.4, 0.5) is 17.2 Å². The number of aromatic nitrogens is 1. The van der Waals surface area contributed by atoms with Crippen LogP contribution in [0.25, 0.3) is 0 Å². The fraction of sp³-hybridized carbons (Fsp3) is 0.353. The summed E-state index contributed by atoms with van der Waals surface area (Å²) in [5, 5.41) is 13.7. The van der Waals surface area contributed by atoms with E-state index >= 15 is 0 Å². The summed E-state index contributed by atoms with van der Waals surface area (Å²) in [5.41, 5.74) is 0.810.